The van der Waals surface area contributed by atoms with Crippen molar-refractivity contribution in [1.29, 1.82) is 0 Å². The van der Waals surface area contributed by atoms with Gasteiger partial charge in [-0.15, -0.1) is 0 Å². The van der Waals surface area contributed by atoms with Gasteiger partial charge < -0.3 is 4.74 Å². The molecule has 2 aromatic carbocycles. The number of non-ortho nitro benzene ring substituents is 1. The van der Waals surface area contributed by atoms with Gasteiger partial charge in [0.2, 0.25) is 0 Å². The number of nitro benzene ring substituents is 1. The Balaban J connectivity index is 1.87. The molecule has 0 aliphatic carbocycles. The van der Waals surface area contributed by atoms with Crippen molar-refractivity contribution in [3.05, 3.63) is 81.9 Å². The lowest BCUT2D eigenvalue weighted by molar-refractivity contribution is -0.384. The molecule has 0 atom stereocenters. The molecule has 0 aliphatic heterocycles. The van der Waals surface area contributed by atoms with E-state index in [1.165, 1.54) is 30.3 Å². The van der Waals surface area contributed by atoms with E-state index in [0.29, 0.717) is 0 Å². The maximum Gasteiger partial charge on any atom is 0.331 e. The van der Waals surface area contributed by atoms with Crippen molar-refractivity contribution in [2.45, 2.75) is 0 Å². The highest BCUT2D eigenvalue weighted by Crippen LogP contribution is 2.12. The molecule has 0 amide bonds. The van der Waals surface area contributed by atoms with Crippen LogP contribution >= 0.6 is 0 Å². The van der Waals surface area contributed by atoms with Crippen LogP contribution in [0.15, 0.2) is 60.7 Å². The minimum Gasteiger partial charge on any atom is -0.454 e. The predicted octanol–water partition coefficient (Wildman–Crippen LogP) is 3.03. The number of ketones is 1. The number of benzene rings is 2. The second kappa shape index (κ2) is 7.65. The smallest absolute Gasteiger partial charge is 0.331 e. The number of nitro groups is 1. The molecule has 0 unspecified atom stereocenters. The number of Topliss-reactive ketones (excluding diaryl/α,β-unsaturated/α-hetero) is 1. The van der Waals surface area contributed by atoms with Gasteiger partial charge in [-0.05, 0) is 23.8 Å². The van der Waals surface area contributed by atoms with Crippen molar-refractivity contribution in [3.8, 4) is 0 Å². The Morgan fingerprint density at radius 2 is 1.70 bits per heavy atom. The number of hydrogen-bond acceptors (Lipinski definition) is 5. The Labute approximate surface area is 132 Å². The molecule has 2 aromatic rings. The third-order valence-electron chi connectivity index (χ3n) is 2.96. The highest BCUT2D eigenvalue weighted by Gasteiger charge is 2.11. The van der Waals surface area contributed by atoms with E-state index in [1.54, 1.807) is 6.08 Å². The fourth-order valence-electron chi connectivity index (χ4n) is 1.77. The van der Waals surface area contributed by atoms with Crippen molar-refractivity contribution in [3.63, 3.8) is 0 Å². The lowest BCUT2D eigenvalue weighted by Crippen LogP contribution is -2.12. The van der Waals surface area contributed by atoms with Gasteiger partial charge in [-0.1, -0.05) is 30.3 Å². The van der Waals surface area contributed by atoms with Crippen LogP contribution in [-0.2, 0) is 9.53 Å². The first kappa shape index (κ1) is 16.1. The van der Waals surface area contributed by atoms with Crippen LogP contribution in [0.5, 0.6) is 0 Å². The van der Waals surface area contributed by atoms with Crippen molar-refractivity contribution in [2.75, 3.05) is 6.61 Å². The van der Waals surface area contributed by atoms with Crippen LogP contribution in [0.3, 0.4) is 0 Å². The second-order valence-electron chi connectivity index (χ2n) is 4.58. The maximum atomic E-state index is 11.8. The Morgan fingerprint density at radius 1 is 1.04 bits per heavy atom. The molecule has 23 heavy (non-hydrogen) atoms. The first-order chi connectivity index (χ1) is 11.1. The summed E-state index contributed by atoms with van der Waals surface area (Å²) < 4.78 is 4.85. The minimum atomic E-state index is -0.635. The Morgan fingerprint density at radius 3 is 2.30 bits per heavy atom. The number of rotatable bonds is 6. The molecule has 0 spiro atoms. The normalized spacial score (nSPS) is 10.4. The van der Waals surface area contributed by atoms with E-state index in [4.69, 9.17) is 4.74 Å². The number of esters is 1. The monoisotopic (exact) mass is 311 g/mol. The summed E-state index contributed by atoms with van der Waals surface area (Å²) in [6.07, 6.45) is 2.82. The van der Waals surface area contributed by atoms with Crippen LogP contribution in [0.2, 0.25) is 0 Å². The summed E-state index contributed by atoms with van der Waals surface area (Å²) in [5, 5.41) is 10.5. The second-order valence-corrected chi connectivity index (χ2v) is 4.58. The molecule has 0 bridgehead atoms. The molecule has 2 rings (SSSR count). The molecule has 0 heterocycles. The highest BCUT2D eigenvalue weighted by molar-refractivity contribution is 5.99. The van der Waals surface area contributed by atoms with E-state index in [0.717, 1.165) is 5.56 Å². The van der Waals surface area contributed by atoms with Gasteiger partial charge in [0.1, 0.15) is 0 Å². The molecule has 0 aliphatic rings. The fourth-order valence-corrected chi connectivity index (χ4v) is 1.77. The molecule has 0 aromatic heterocycles. The third-order valence-corrected chi connectivity index (χ3v) is 2.96. The summed E-state index contributed by atoms with van der Waals surface area (Å²) in [5.41, 5.74) is 0.978. The summed E-state index contributed by atoms with van der Waals surface area (Å²) in [4.78, 5) is 33.4. The van der Waals surface area contributed by atoms with E-state index < -0.39 is 23.3 Å². The lowest BCUT2D eigenvalue weighted by atomic mass is 10.1. The van der Waals surface area contributed by atoms with Crippen molar-refractivity contribution in [1.82, 2.24) is 0 Å². The summed E-state index contributed by atoms with van der Waals surface area (Å²) in [7, 11) is 0. The molecule has 6 nitrogen and oxygen atoms in total. The van der Waals surface area contributed by atoms with Crippen LogP contribution in [0.25, 0.3) is 6.08 Å². The number of carbonyl (C=O) groups excluding carboxylic acids is 2. The SMILES string of the molecule is O=C(/C=C/c1ccccc1)OCC(=O)c1ccc([N+](=O)[O-])cc1. The number of nitrogens with zero attached hydrogens (tertiary/aromatic N) is 1. The Hall–Kier alpha value is -3.28. The largest absolute Gasteiger partial charge is 0.454 e. The van der Waals surface area contributed by atoms with Crippen LogP contribution in [-0.4, -0.2) is 23.3 Å². The predicted molar refractivity (Wildman–Crippen MR) is 83.9 cm³/mol. The van der Waals surface area contributed by atoms with Crippen LogP contribution < -0.4 is 0 Å². The standard InChI is InChI=1S/C17H13NO5/c19-16(14-7-9-15(10-8-14)18(21)22)12-23-17(20)11-6-13-4-2-1-3-5-13/h1-11H,12H2/b11-6+. The van der Waals surface area contributed by atoms with Crippen molar-refractivity contribution >= 4 is 23.5 Å². The van der Waals surface area contributed by atoms with Gasteiger partial charge in [0.15, 0.2) is 12.4 Å². The van der Waals surface area contributed by atoms with Gasteiger partial charge in [-0.2, -0.15) is 0 Å². The summed E-state index contributed by atoms with van der Waals surface area (Å²) >= 11 is 0. The number of hydrogen-bond donors (Lipinski definition) is 0. The maximum absolute atomic E-state index is 11.8. The minimum absolute atomic E-state index is 0.107. The van der Waals surface area contributed by atoms with Crippen LogP contribution in [0.1, 0.15) is 15.9 Å². The lowest BCUT2D eigenvalue weighted by Gasteiger charge is -2.02. The van der Waals surface area contributed by atoms with Gasteiger partial charge >= 0.3 is 5.97 Å². The average Bonchev–Trinajstić information content (AvgIpc) is 2.58. The summed E-state index contributed by atoms with van der Waals surface area (Å²) in [6.45, 7) is -0.421. The zero-order valence-electron chi connectivity index (χ0n) is 12.0. The first-order valence-corrected chi connectivity index (χ1v) is 6.74. The van der Waals surface area contributed by atoms with E-state index in [9.17, 15) is 19.7 Å². The molecule has 0 fully saturated rings. The Bertz CT molecular complexity index is 735. The molecule has 0 saturated carbocycles. The van der Waals surface area contributed by atoms with Crippen LogP contribution in [0.4, 0.5) is 5.69 Å². The van der Waals surface area contributed by atoms with Gasteiger partial charge in [-0.25, -0.2) is 4.79 Å². The fraction of sp³-hybridized carbons (Fsp3) is 0.0588. The van der Waals surface area contributed by atoms with E-state index in [2.05, 4.69) is 0 Å². The first-order valence-electron chi connectivity index (χ1n) is 6.74. The molecular formula is C17H13NO5. The number of ether oxygens (including phenoxy) is 1. The quantitative estimate of drug-likeness (QED) is 0.269. The Kier molecular flexibility index (Phi) is 5.35. The molecule has 0 saturated heterocycles. The summed E-state index contributed by atoms with van der Waals surface area (Å²) in [6, 6.07) is 14.3. The topological polar surface area (TPSA) is 86.5 Å². The molecule has 6 heteroatoms. The average molecular weight is 311 g/mol. The zero-order chi connectivity index (χ0) is 16.7. The van der Waals surface area contributed by atoms with E-state index in [1.807, 2.05) is 30.3 Å². The van der Waals surface area contributed by atoms with Crippen LogP contribution in [0, 0.1) is 10.1 Å². The van der Waals surface area contributed by atoms with Crippen molar-refractivity contribution in [2.24, 2.45) is 0 Å². The van der Waals surface area contributed by atoms with Gasteiger partial charge in [0.05, 0.1) is 4.92 Å². The van der Waals surface area contributed by atoms with Crippen molar-refractivity contribution < 1.29 is 19.2 Å². The molecule has 0 N–H and O–H groups in total. The molecular weight excluding hydrogens is 298 g/mol. The van der Waals surface area contributed by atoms with Gasteiger partial charge in [-0.3, -0.25) is 14.9 Å². The van der Waals surface area contributed by atoms with E-state index in [-0.39, 0.29) is 11.3 Å². The summed E-state index contributed by atoms with van der Waals surface area (Å²) in [5.74, 6) is -1.06. The van der Waals surface area contributed by atoms with Gasteiger partial charge in [0, 0.05) is 23.8 Å². The zero-order valence-corrected chi connectivity index (χ0v) is 12.0. The number of carbonyl (C=O) groups is 2. The molecule has 116 valence electrons. The highest BCUT2D eigenvalue weighted by atomic mass is 16.6. The third kappa shape index (κ3) is 4.89. The van der Waals surface area contributed by atoms with E-state index >= 15 is 0 Å². The van der Waals surface area contributed by atoms with Gasteiger partial charge in [0.25, 0.3) is 5.69 Å². The molecule has 0 radical (unpaired) electrons.